The zero-order valence-electron chi connectivity index (χ0n) is 18.1. The van der Waals surface area contributed by atoms with Crippen LogP contribution >= 0.6 is 11.6 Å². The molecule has 166 valence electrons. The maximum atomic E-state index is 13.0. The first-order chi connectivity index (χ1) is 15.8. The number of nitrogens with zero attached hydrogens (tertiary/aromatic N) is 1. The Hall–Kier alpha value is -3.90. The molecule has 0 atom stereocenters. The number of anilines is 1. The number of urea groups is 1. The average Bonchev–Trinajstić information content (AvgIpc) is 2.78. The molecule has 1 fully saturated rings. The summed E-state index contributed by atoms with van der Waals surface area (Å²) in [6, 6.07) is 19.0. The molecule has 1 aliphatic heterocycles. The molecule has 7 heteroatoms. The summed E-state index contributed by atoms with van der Waals surface area (Å²) in [4.78, 5) is 38.6. The molecular weight excluding hydrogens is 440 g/mol. The van der Waals surface area contributed by atoms with E-state index in [1.165, 1.54) is 6.08 Å². The standard InChI is InChI=1S/C26H21ClN2O4/c1-16-3-7-18(8-4-16)15-33-23-12-9-19(14-22(23)27)13-21-24(30)28-26(32)29(25(21)31)20-10-5-17(2)6-11-20/h3-14H,15H2,1-2H3,(H,28,30,32)/b21-13+. The number of aryl methyl sites for hydroxylation is 2. The van der Waals surface area contributed by atoms with E-state index in [9.17, 15) is 14.4 Å². The van der Waals surface area contributed by atoms with Gasteiger partial charge in [-0.25, -0.2) is 9.69 Å². The molecule has 3 aromatic rings. The van der Waals surface area contributed by atoms with Gasteiger partial charge >= 0.3 is 6.03 Å². The normalized spacial score (nSPS) is 15.1. The molecule has 0 spiro atoms. The molecule has 4 rings (SSSR count). The molecule has 0 aliphatic carbocycles. The monoisotopic (exact) mass is 460 g/mol. The molecule has 1 aliphatic rings. The highest BCUT2D eigenvalue weighted by molar-refractivity contribution is 6.39. The molecule has 3 aromatic carbocycles. The Morgan fingerprint density at radius 3 is 2.18 bits per heavy atom. The fourth-order valence-electron chi connectivity index (χ4n) is 3.32. The summed E-state index contributed by atoms with van der Waals surface area (Å²) in [6.07, 6.45) is 1.40. The van der Waals surface area contributed by atoms with Crippen LogP contribution in [0.4, 0.5) is 10.5 Å². The van der Waals surface area contributed by atoms with Crippen LogP contribution in [0.25, 0.3) is 6.08 Å². The van der Waals surface area contributed by atoms with Crippen LogP contribution in [0, 0.1) is 13.8 Å². The van der Waals surface area contributed by atoms with Gasteiger partial charge in [-0.1, -0.05) is 65.2 Å². The van der Waals surface area contributed by atoms with Crippen molar-refractivity contribution in [2.24, 2.45) is 0 Å². The molecule has 1 heterocycles. The van der Waals surface area contributed by atoms with Gasteiger partial charge in [-0.3, -0.25) is 14.9 Å². The number of amides is 4. The van der Waals surface area contributed by atoms with Crippen LogP contribution in [-0.2, 0) is 16.2 Å². The lowest BCUT2D eigenvalue weighted by molar-refractivity contribution is -0.122. The Kier molecular flexibility index (Phi) is 6.29. The van der Waals surface area contributed by atoms with Crippen LogP contribution in [-0.4, -0.2) is 17.8 Å². The van der Waals surface area contributed by atoms with Gasteiger partial charge in [0.1, 0.15) is 17.9 Å². The van der Waals surface area contributed by atoms with E-state index in [-0.39, 0.29) is 5.57 Å². The molecule has 0 unspecified atom stereocenters. The molecule has 6 nitrogen and oxygen atoms in total. The van der Waals surface area contributed by atoms with E-state index in [0.29, 0.717) is 28.6 Å². The van der Waals surface area contributed by atoms with Gasteiger partial charge in [-0.15, -0.1) is 0 Å². The molecule has 0 bridgehead atoms. The minimum absolute atomic E-state index is 0.167. The van der Waals surface area contributed by atoms with Gasteiger partial charge in [0.25, 0.3) is 11.8 Å². The lowest BCUT2D eigenvalue weighted by Crippen LogP contribution is -2.54. The van der Waals surface area contributed by atoms with Crippen LogP contribution in [0.2, 0.25) is 5.02 Å². The Balaban J connectivity index is 1.55. The van der Waals surface area contributed by atoms with E-state index in [1.807, 2.05) is 38.1 Å². The van der Waals surface area contributed by atoms with Gasteiger partial charge in [-0.05, 0) is 55.3 Å². The van der Waals surface area contributed by atoms with Gasteiger partial charge in [0.2, 0.25) is 0 Å². The van der Waals surface area contributed by atoms with Crippen molar-refractivity contribution < 1.29 is 19.1 Å². The summed E-state index contributed by atoms with van der Waals surface area (Å²) in [6.45, 7) is 4.27. The summed E-state index contributed by atoms with van der Waals surface area (Å²) in [5.41, 5.74) is 3.89. The van der Waals surface area contributed by atoms with Crippen molar-refractivity contribution in [2.45, 2.75) is 20.5 Å². The van der Waals surface area contributed by atoms with Crippen molar-refractivity contribution in [2.75, 3.05) is 4.90 Å². The molecule has 0 aromatic heterocycles. The van der Waals surface area contributed by atoms with Crippen molar-refractivity contribution in [1.82, 2.24) is 5.32 Å². The van der Waals surface area contributed by atoms with Crippen molar-refractivity contribution in [1.29, 1.82) is 0 Å². The summed E-state index contributed by atoms with van der Waals surface area (Å²) in [5.74, 6) is -0.983. The third-order valence-electron chi connectivity index (χ3n) is 5.18. The number of halogens is 1. The summed E-state index contributed by atoms with van der Waals surface area (Å²) in [7, 11) is 0. The number of carbonyl (C=O) groups is 3. The zero-order valence-corrected chi connectivity index (χ0v) is 18.8. The topological polar surface area (TPSA) is 75.7 Å². The quantitative estimate of drug-likeness (QED) is 0.419. The maximum Gasteiger partial charge on any atom is 0.335 e. The molecular formula is C26H21ClN2O4. The Labute approximate surface area is 196 Å². The van der Waals surface area contributed by atoms with Crippen LogP contribution in [0.15, 0.2) is 72.3 Å². The fourth-order valence-corrected chi connectivity index (χ4v) is 3.57. The molecule has 4 amide bonds. The Morgan fingerprint density at radius 1 is 0.909 bits per heavy atom. The third-order valence-corrected chi connectivity index (χ3v) is 5.47. The van der Waals surface area contributed by atoms with Crippen LogP contribution in [0.5, 0.6) is 5.75 Å². The first-order valence-corrected chi connectivity index (χ1v) is 10.7. The van der Waals surface area contributed by atoms with Crippen LogP contribution < -0.4 is 15.0 Å². The van der Waals surface area contributed by atoms with Gasteiger partial charge < -0.3 is 4.74 Å². The first kappa shape index (κ1) is 22.3. The number of carbonyl (C=O) groups excluding carboxylic acids is 3. The van der Waals surface area contributed by atoms with Crippen LogP contribution in [0.1, 0.15) is 22.3 Å². The van der Waals surface area contributed by atoms with E-state index in [2.05, 4.69) is 5.32 Å². The highest BCUT2D eigenvalue weighted by atomic mass is 35.5. The van der Waals surface area contributed by atoms with Crippen molar-refractivity contribution in [3.05, 3.63) is 99.6 Å². The second-order valence-corrected chi connectivity index (χ2v) is 8.16. The predicted octanol–water partition coefficient (Wildman–Crippen LogP) is 5.20. The predicted molar refractivity (Wildman–Crippen MR) is 127 cm³/mol. The lowest BCUT2D eigenvalue weighted by atomic mass is 10.1. The average molecular weight is 461 g/mol. The zero-order chi connectivity index (χ0) is 23.5. The number of barbiturate groups is 1. The minimum atomic E-state index is -0.788. The van der Waals surface area contributed by atoms with E-state index in [1.54, 1.807) is 42.5 Å². The van der Waals surface area contributed by atoms with Gasteiger partial charge in [0.15, 0.2) is 0 Å². The number of ether oxygens (including phenoxy) is 1. The van der Waals surface area contributed by atoms with Crippen molar-refractivity contribution in [3.63, 3.8) is 0 Å². The molecule has 0 radical (unpaired) electrons. The van der Waals surface area contributed by atoms with E-state index < -0.39 is 17.8 Å². The molecule has 33 heavy (non-hydrogen) atoms. The maximum absolute atomic E-state index is 13.0. The van der Waals surface area contributed by atoms with Gasteiger partial charge in [0, 0.05) is 0 Å². The second-order valence-electron chi connectivity index (χ2n) is 7.76. The fraction of sp³-hybridized carbons (Fsp3) is 0.115. The van der Waals surface area contributed by atoms with Crippen LogP contribution in [0.3, 0.4) is 0 Å². The second kappa shape index (κ2) is 9.30. The number of hydrogen-bond acceptors (Lipinski definition) is 4. The smallest absolute Gasteiger partial charge is 0.335 e. The highest BCUT2D eigenvalue weighted by Crippen LogP contribution is 2.28. The van der Waals surface area contributed by atoms with E-state index in [4.69, 9.17) is 16.3 Å². The minimum Gasteiger partial charge on any atom is -0.487 e. The van der Waals surface area contributed by atoms with Crippen molar-refractivity contribution >= 4 is 41.2 Å². The number of nitrogens with one attached hydrogen (secondary N) is 1. The van der Waals surface area contributed by atoms with E-state index in [0.717, 1.165) is 21.6 Å². The number of hydrogen-bond donors (Lipinski definition) is 1. The number of benzene rings is 3. The third kappa shape index (κ3) is 4.96. The van der Waals surface area contributed by atoms with Gasteiger partial charge in [-0.2, -0.15) is 0 Å². The summed E-state index contributed by atoms with van der Waals surface area (Å²) in [5, 5.41) is 2.55. The molecule has 0 saturated carbocycles. The molecule has 1 N–H and O–H groups in total. The van der Waals surface area contributed by atoms with E-state index >= 15 is 0 Å². The Bertz CT molecular complexity index is 1260. The largest absolute Gasteiger partial charge is 0.487 e. The first-order valence-electron chi connectivity index (χ1n) is 10.3. The molecule has 1 saturated heterocycles. The summed E-state index contributed by atoms with van der Waals surface area (Å²) >= 11 is 6.37. The van der Waals surface area contributed by atoms with Gasteiger partial charge in [0.05, 0.1) is 10.7 Å². The highest BCUT2D eigenvalue weighted by Gasteiger charge is 2.36. The van der Waals surface area contributed by atoms with Crippen molar-refractivity contribution in [3.8, 4) is 5.75 Å². The number of rotatable bonds is 5. The summed E-state index contributed by atoms with van der Waals surface area (Å²) < 4.78 is 5.80. The SMILES string of the molecule is Cc1ccc(COc2ccc(/C=C3\C(=O)NC(=O)N(c4ccc(C)cc4)C3=O)cc2Cl)cc1. The lowest BCUT2D eigenvalue weighted by Gasteiger charge is -2.26. The number of imide groups is 2. The Morgan fingerprint density at radius 2 is 1.55 bits per heavy atom.